The van der Waals surface area contributed by atoms with E-state index in [4.69, 9.17) is 25.2 Å². The number of amides is 1. The molecule has 0 radical (unpaired) electrons. The van der Waals surface area contributed by atoms with Crippen LogP contribution in [0.2, 0.25) is 5.02 Å². The zero-order valence-corrected chi connectivity index (χ0v) is 21.7. The van der Waals surface area contributed by atoms with E-state index in [0.29, 0.717) is 27.2 Å². The number of rotatable bonds is 6. The number of hydrogen-bond acceptors (Lipinski definition) is 8. The summed E-state index contributed by atoms with van der Waals surface area (Å²) in [5.41, 5.74) is 0.645. The van der Waals surface area contributed by atoms with Crippen LogP contribution in [-0.4, -0.2) is 48.9 Å². The number of nitrogens with zero attached hydrogens (tertiary/aromatic N) is 2. The molecule has 1 aliphatic rings. The van der Waals surface area contributed by atoms with Crippen molar-refractivity contribution in [2.75, 3.05) is 18.4 Å². The lowest BCUT2D eigenvalue weighted by Gasteiger charge is -2.34. The van der Waals surface area contributed by atoms with E-state index in [-0.39, 0.29) is 40.8 Å². The maximum Gasteiger partial charge on any atom is 0.257 e. The Kier molecular flexibility index (Phi) is 6.75. The lowest BCUT2D eigenvalue weighted by atomic mass is 10.2. The Morgan fingerprint density at radius 2 is 1.75 bits per heavy atom. The van der Waals surface area contributed by atoms with Gasteiger partial charge in [0.05, 0.1) is 29.8 Å². The number of hydrogen-bond donors (Lipinski definition) is 1. The van der Waals surface area contributed by atoms with Crippen molar-refractivity contribution < 1.29 is 26.8 Å². The first kappa shape index (κ1) is 24.7. The smallest absolute Gasteiger partial charge is 0.257 e. The average Bonchev–Trinajstić information content (AvgIpc) is 3.60. The minimum absolute atomic E-state index is 0.0350. The van der Waals surface area contributed by atoms with Gasteiger partial charge in [-0.05, 0) is 56.3 Å². The van der Waals surface area contributed by atoms with Gasteiger partial charge in [0, 0.05) is 18.7 Å². The van der Waals surface area contributed by atoms with Crippen molar-refractivity contribution in [1.82, 2.24) is 9.29 Å². The van der Waals surface area contributed by atoms with Crippen LogP contribution in [0.15, 0.2) is 68.7 Å². The molecule has 0 spiro atoms. The summed E-state index contributed by atoms with van der Waals surface area (Å²) >= 11 is 7.49. The molecule has 0 bridgehead atoms. The van der Waals surface area contributed by atoms with Crippen LogP contribution in [0.4, 0.5) is 5.13 Å². The molecule has 0 saturated carbocycles. The van der Waals surface area contributed by atoms with Gasteiger partial charge >= 0.3 is 0 Å². The monoisotopic (exact) mass is 547 g/mol. The van der Waals surface area contributed by atoms with Crippen LogP contribution in [0.3, 0.4) is 0 Å². The largest absolute Gasteiger partial charge is 0.463 e. The topological polar surface area (TPSA) is 115 Å². The number of carbonyl (C=O) groups is 1. The molecule has 12 heteroatoms. The molecule has 1 aliphatic heterocycles. The molecule has 1 saturated heterocycles. The Bertz CT molecular complexity index is 1420. The number of benzene rings is 1. The SMILES string of the molecule is CC1CN(S(=O)(=O)c2cc(C(=O)Nc3nc(-c4ccco4)c(-c4ccco4)s3)ccc2Cl)CC(C)O1. The lowest BCUT2D eigenvalue weighted by Crippen LogP contribution is -2.48. The van der Waals surface area contributed by atoms with Crippen molar-refractivity contribution in [2.24, 2.45) is 0 Å². The quantitative estimate of drug-likeness (QED) is 0.345. The first-order valence-electron chi connectivity index (χ1n) is 11.1. The van der Waals surface area contributed by atoms with Crippen LogP contribution < -0.4 is 5.32 Å². The Hall–Kier alpha value is -2.96. The molecule has 0 aliphatic carbocycles. The number of halogens is 1. The fourth-order valence-corrected chi connectivity index (χ4v) is 7.03. The standard InChI is InChI=1S/C24H22ClN3O6S2/c1-14-12-28(13-15(2)34-14)36(30,31)20-11-16(7-8-17(20)25)23(29)27-24-26-21(18-5-3-9-32-18)22(35-24)19-6-4-10-33-19/h3-11,14-15H,12-13H2,1-2H3,(H,26,27,29). The van der Waals surface area contributed by atoms with Gasteiger partial charge in [0.15, 0.2) is 10.9 Å². The van der Waals surface area contributed by atoms with Crippen molar-refractivity contribution in [3.8, 4) is 22.1 Å². The molecular weight excluding hydrogens is 526 g/mol. The van der Waals surface area contributed by atoms with Gasteiger partial charge in [0.25, 0.3) is 5.91 Å². The molecular formula is C24H22ClN3O6S2. The van der Waals surface area contributed by atoms with Crippen molar-refractivity contribution >= 4 is 44.0 Å². The highest BCUT2D eigenvalue weighted by atomic mass is 35.5. The Balaban J connectivity index is 1.44. The zero-order chi connectivity index (χ0) is 25.4. The van der Waals surface area contributed by atoms with E-state index in [9.17, 15) is 13.2 Å². The van der Waals surface area contributed by atoms with Gasteiger partial charge in [-0.3, -0.25) is 10.1 Å². The number of thiazole rings is 1. The van der Waals surface area contributed by atoms with Crippen molar-refractivity contribution in [3.63, 3.8) is 0 Å². The van der Waals surface area contributed by atoms with E-state index in [0.717, 1.165) is 0 Å². The molecule has 4 aromatic rings. The second kappa shape index (κ2) is 9.83. The van der Waals surface area contributed by atoms with Crippen molar-refractivity contribution in [2.45, 2.75) is 31.0 Å². The minimum Gasteiger partial charge on any atom is -0.463 e. The Labute approximate surface area is 216 Å². The molecule has 5 rings (SSSR count). The summed E-state index contributed by atoms with van der Waals surface area (Å²) in [5, 5.41) is 3.08. The number of anilines is 1. The molecule has 36 heavy (non-hydrogen) atoms. The van der Waals surface area contributed by atoms with Gasteiger partial charge in [-0.15, -0.1) is 0 Å². The molecule has 2 atom stereocenters. The van der Waals surface area contributed by atoms with Crippen molar-refractivity contribution in [1.29, 1.82) is 0 Å². The van der Waals surface area contributed by atoms with Gasteiger partial charge in [0.2, 0.25) is 10.0 Å². The van der Waals surface area contributed by atoms with Crippen LogP contribution in [0.5, 0.6) is 0 Å². The summed E-state index contributed by atoms with van der Waals surface area (Å²) in [4.78, 5) is 18.2. The molecule has 4 heterocycles. The highest BCUT2D eigenvalue weighted by Crippen LogP contribution is 2.39. The average molecular weight is 548 g/mol. The summed E-state index contributed by atoms with van der Waals surface area (Å²) in [6, 6.07) is 11.2. The molecule has 1 amide bonds. The number of nitrogens with one attached hydrogen (secondary N) is 1. The highest BCUT2D eigenvalue weighted by Gasteiger charge is 2.34. The van der Waals surface area contributed by atoms with E-state index in [1.54, 1.807) is 30.5 Å². The predicted molar refractivity (Wildman–Crippen MR) is 136 cm³/mol. The molecule has 9 nitrogen and oxygen atoms in total. The summed E-state index contributed by atoms with van der Waals surface area (Å²) in [5.74, 6) is 0.567. The van der Waals surface area contributed by atoms with E-state index in [2.05, 4.69) is 10.3 Å². The molecule has 1 N–H and O–H groups in total. The maximum atomic E-state index is 13.4. The molecule has 2 unspecified atom stereocenters. The molecule has 1 aromatic carbocycles. The molecule has 3 aromatic heterocycles. The number of carbonyl (C=O) groups excluding carboxylic acids is 1. The summed E-state index contributed by atoms with van der Waals surface area (Å²) in [6.07, 6.45) is 2.56. The van der Waals surface area contributed by atoms with Crippen LogP contribution in [0.1, 0.15) is 24.2 Å². The Morgan fingerprint density at radius 3 is 2.39 bits per heavy atom. The van der Waals surface area contributed by atoms with Gasteiger partial charge in [-0.2, -0.15) is 4.31 Å². The van der Waals surface area contributed by atoms with E-state index < -0.39 is 15.9 Å². The molecule has 1 fully saturated rings. The predicted octanol–water partition coefficient (Wildman–Crippen LogP) is 5.37. The fraction of sp³-hybridized carbons (Fsp3) is 0.250. The zero-order valence-electron chi connectivity index (χ0n) is 19.3. The van der Waals surface area contributed by atoms with Gasteiger partial charge in [-0.25, -0.2) is 13.4 Å². The number of sulfonamides is 1. The number of morpholine rings is 1. The number of furan rings is 2. The second-order valence-corrected chi connectivity index (χ2v) is 11.6. The third-order valence-corrected chi connectivity index (χ3v) is 8.84. The Morgan fingerprint density at radius 1 is 1.08 bits per heavy atom. The summed E-state index contributed by atoms with van der Waals surface area (Å²) < 4.78 is 44.7. The summed E-state index contributed by atoms with van der Waals surface area (Å²) in [7, 11) is -3.95. The minimum atomic E-state index is -3.95. The third-order valence-electron chi connectivity index (χ3n) is 5.54. The normalized spacial score (nSPS) is 18.9. The highest BCUT2D eigenvalue weighted by molar-refractivity contribution is 7.89. The van der Waals surface area contributed by atoms with Crippen LogP contribution in [0.25, 0.3) is 22.1 Å². The van der Waals surface area contributed by atoms with Gasteiger partial charge in [0.1, 0.15) is 21.2 Å². The first-order chi connectivity index (χ1) is 17.2. The van der Waals surface area contributed by atoms with E-state index in [1.165, 1.54) is 40.1 Å². The van der Waals surface area contributed by atoms with E-state index in [1.807, 2.05) is 13.8 Å². The van der Waals surface area contributed by atoms with E-state index >= 15 is 0 Å². The number of aromatic nitrogens is 1. The van der Waals surface area contributed by atoms with Crippen LogP contribution in [0, 0.1) is 0 Å². The molecule has 188 valence electrons. The summed E-state index contributed by atoms with van der Waals surface area (Å²) in [6.45, 7) is 4.02. The fourth-order valence-electron chi connectivity index (χ4n) is 4.01. The van der Waals surface area contributed by atoms with Gasteiger partial charge in [-0.1, -0.05) is 22.9 Å². The lowest BCUT2D eigenvalue weighted by molar-refractivity contribution is -0.0440. The second-order valence-electron chi connectivity index (χ2n) is 8.33. The number of ether oxygens (including phenoxy) is 1. The maximum absolute atomic E-state index is 13.4. The van der Waals surface area contributed by atoms with Gasteiger partial charge < -0.3 is 13.6 Å². The third kappa shape index (κ3) is 4.84. The van der Waals surface area contributed by atoms with Crippen LogP contribution in [-0.2, 0) is 14.8 Å². The van der Waals surface area contributed by atoms with Crippen LogP contribution >= 0.6 is 22.9 Å². The van der Waals surface area contributed by atoms with Crippen molar-refractivity contribution in [3.05, 3.63) is 65.6 Å². The first-order valence-corrected chi connectivity index (χ1v) is 13.7.